The Morgan fingerprint density at radius 1 is 1.46 bits per heavy atom. The molecule has 1 N–H and O–H groups in total. The van der Waals surface area contributed by atoms with Crippen LogP contribution in [0.1, 0.15) is 32.0 Å². The van der Waals surface area contributed by atoms with Gasteiger partial charge in [0.05, 0.1) is 11.7 Å². The molecule has 2 atom stereocenters. The van der Waals surface area contributed by atoms with Gasteiger partial charge in [0.15, 0.2) is 0 Å². The van der Waals surface area contributed by atoms with Crippen LogP contribution in [0.25, 0.3) is 0 Å². The third-order valence-electron chi connectivity index (χ3n) is 2.53. The van der Waals surface area contributed by atoms with Crippen molar-refractivity contribution >= 4 is 0 Å². The number of nitrogens with one attached hydrogen (secondary N) is 1. The van der Waals surface area contributed by atoms with E-state index in [9.17, 15) is 0 Å². The van der Waals surface area contributed by atoms with Crippen LogP contribution in [0.2, 0.25) is 0 Å². The average Bonchev–Trinajstić information content (AvgIpc) is 2.20. The summed E-state index contributed by atoms with van der Waals surface area (Å²) in [7, 11) is 1.99. The Hall–Kier alpha value is -0.890. The second kappa shape index (κ2) is 4.97. The summed E-state index contributed by atoms with van der Waals surface area (Å²) in [4.78, 5) is 4.36. The molecule has 2 nitrogen and oxygen atoms in total. The van der Waals surface area contributed by atoms with Gasteiger partial charge in [0, 0.05) is 6.20 Å². The van der Waals surface area contributed by atoms with Crippen LogP contribution in [0.3, 0.4) is 0 Å². The molecule has 0 aliphatic rings. The van der Waals surface area contributed by atoms with Gasteiger partial charge in [-0.2, -0.15) is 0 Å². The molecule has 0 aromatic carbocycles. The Bertz CT molecular complexity index is 233. The van der Waals surface area contributed by atoms with Crippen LogP contribution in [-0.4, -0.2) is 12.0 Å². The Kier molecular flexibility index (Phi) is 3.90. The predicted molar refractivity (Wildman–Crippen MR) is 55.5 cm³/mol. The second-order valence-corrected chi connectivity index (χ2v) is 3.41. The fraction of sp³-hybridized carbons (Fsp3) is 0.545. The van der Waals surface area contributed by atoms with E-state index in [1.54, 1.807) is 0 Å². The molecule has 2 heteroatoms. The highest BCUT2D eigenvalue weighted by Crippen LogP contribution is 2.21. The largest absolute Gasteiger partial charge is 0.311 e. The molecule has 1 heterocycles. The molecule has 0 aliphatic carbocycles. The third kappa shape index (κ3) is 2.52. The van der Waals surface area contributed by atoms with E-state index < -0.39 is 0 Å². The number of hydrogen-bond donors (Lipinski definition) is 1. The van der Waals surface area contributed by atoms with Crippen molar-refractivity contribution in [2.45, 2.75) is 26.3 Å². The first-order chi connectivity index (χ1) is 6.29. The molecule has 0 bridgehead atoms. The number of pyridine rings is 1. The average molecular weight is 178 g/mol. The summed E-state index contributed by atoms with van der Waals surface area (Å²) in [6.07, 6.45) is 3.02. The summed E-state index contributed by atoms with van der Waals surface area (Å²) in [6, 6.07) is 6.45. The van der Waals surface area contributed by atoms with E-state index in [-0.39, 0.29) is 0 Å². The zero-order valence-electron chi connectivity index (χ0n) is 8.62. The minimum atomic E-state index is 0.381. The number of hydrogen-bond acceptors (Lipinski definition) is 2. The Morgan fingerprint density at radius 2 is 2.23 bits per heavy atom. The summed E-state index contributed by atoms with van der Waals surface area (Å²) in [5, 5.41) is 3.31. The van der Waals surface area contributed by atoms with Crippen molar-refractivity contribution in [2.75, 3.05) is 7.05 Å². The minimum absolute atomic E-state index is 0.381. The Labute approximate surface area is 80.4 Å². The van der Waals surface area contributed by atoms with Crippen molar-refractivity contribution in [1.29, 1.82) is 0 Å². The molecule has 0 saturated carbocycles. The fourth-order valence-corrected chi connectivity index (χ4v) is 1.52. The van der Waals surface area contributed by atoms with Gasteiger partial charge in [0.1, 0.15) is 0 Å². The van der Waals surface area contributed by atoms with Crippen LogP contribution >= 0.6 is 0 Å². The lowest BCUT2D eigenvalue weighted by molar-refractivity contribution is 0.393. The van der Waals surface area contributed by atoms with Gasteiger partial charge in [-0.05, 0) is 25.1 Å². The molecule has 72 valence electrons. The Balaban J connectivity index is 2.78. The first-order valence-electron chi connectivity index (χ1n) is 4.87. The van der Waals surface area contributed by atoms with Crippen molar-refractivity contribution in [3.63, 3.8) is 0 Å². The summed E-state index contributed by atoms with van der Waals surface area (Å²) in [5.74, 6) is 0.625. The maximum atomic E-state index is 4.36. The van der Waals surface area contributed by atoms with E-state index in [2.05, 4.69) is 30.2 Å². The van der Waals surface area contributed by atoms with E-state index in [1.807, 2.05) is 25.4 Å². The molecular weight excluding hydrogens is 160 g/mol. The van der Waals surface area contributed by atoms with E-state index in [1.165, 1.54) is 6.42 Å². The lowest BCUT2D eigenvalue weighted by Gasteiger charge is -2.21. The molecule has 0 amide bonds. The molecule has 1 rings (SSSR count). The van der Waals surface area contributed by atoms with E-state index in [0.717, 1.165) is 5.69 Å². The summed E-state index contributed by atoms with van der Waals surface area (Å²) >= 11 is 0. The zero-order valence-corrected chi connectivity index (χ0v) is 8.62. The van der Waals surface area contributed by atoms with Gasteiger partial charge < -0.3 is 5.32 Å². The van der Waals surface area contributed by atoms with Crippen molar-refractivity contribution in [1.82, 2.24) is 10.3 Å². The number of aromatic nitrogens is 1. The molecule has 0 fully saturated rings. The van der Waals surface area contributed by atoms with Crippen LogP contribution in [0.15, 0.2) is 24.4 Å². The van der Waals surface area contributed by atoms with Crippen molar-refractivity contribution in [3.05, 3.63) is 30.1 Å². The second-order valence-electron chi connectivity index (χ2n) is 3.41. The van der Waals surface area contributed by atoms with Crippen LogP contribution in [0.4, 0.5) is 0 Å². The lowest BCUT2D eigenvalue weighted by atomic mass is 9.96. The quantitative estimate of drug-likeness (QED) is 0.765. The van der Waals surface area contributed by atoms with Gasteiger partial charge in [-0.15, -0.1) is 0 Å². The van der Waals surface area contributed by atoms with Crippen LogP contribution in [0, 0.1) is 5.92 Å². The smallest absolute Gasteiger partial charge is 0.0575 e. The molecule has 1 aromatic rings. The van der Waals surface area contributed by atoms with Crippen molar-refractivity contribution in [3.8, 4) is 0 Å². The SMILES string of the molecule is CCC(C)C(NC)c1ccccn1. The molecule has 2 unspecified atom stereocenters. The normalized spacial score (nSPS) is 15.3. The maximum Gasteiger partial charge on any atom is 0.0575 e. The van der Waals surface area contributed by atoms with E-state index in [0.29, 0.717) is 12.0 Å². The third-order valence-corrected chi connectivity index (χ3v) is 2.53. The van der Waals surface area contributed by atoms with Gasteiger partial charge in [-0.25, -0.2) is 0 Å². The minimum Gasteiger partial charge on any atom is -0.311 e. The van der Waals surface area contributed by atoms with Crippen molar-refractivity contribution < 1.29 is 0 Å². The van der Waals surface area contributed by atoms with Crippen LogP contribution in [0.5, 0.6) is 0 Å². The van der Waals surface area contributed by atoms with Gasteiger partial charge in [-0.1, -0.05) is 26.3 Å². The zero-order chi connectivity index (χ0) is 9.68. The van der Waals surface area contributed by atoms with Crippen LogP contribution < -0.4 is 5.32 Å². The maximum absolute atomic E-state index is 4.36. The highest BCUT2D eigenvalue weighted by Gasteiger charge is 2.16. The monoisotopic (exact) mass is 178 g/mol. The van der Waals surface area contributed by atoms with Gasteiger partial charge >= 0.3 is 0 Å². The molecular formula is C11H18N2. The highest BCUT2D eigenvalue weighted by atomic mass is 14.9. The van der Waals surface area contributed by atoms with Crippen LogP contribution in [-0.2, 0) is 0 Å². The molecule has 0 radical (unpaired) electrons. The van der Waals surface area contributed by atoms with Gasteiger partial charge in [0.25, 0.3) is 0 Å². The lowest BCUT2D eigenvalue weighted by Crippen LogP contribution is -2.23. The first kappa shape index (κ1) is 10.2. The summed E-state index contributed by atoms with van der Waals surface area (Å²) in [5.41, 5.74) is 1.14. The first-order valence-corrected chi connectivity index (χ1v) is 4.87. The van der Waals surface area contributed by atoms with Gasteiger partial charge in [0.2, 0.25) is 0 Å². The molecule has 0 aliphatic heterocycles. The predicted octanol–water partition coefficient (Wildman–Crippen LogP) is 2.39. The molecule has 0 saturated heterocycles. The fourth-order valence-electron chi connectivity index (χ4n) is 1.52. The summed E-state index contributed by atoms with van der Waals surface area (Å²) in [6.45, 7) is 4.45. The summed E-state index contributed by atoms with van der Waals surface area (Å²) < 4.78 is 0. The van der Waals surface area contributed by atoms with E-state index >= 15 is 0 Å². The topological polar surface area (TPSA) is 24.9 Å². The molecule has 13 heavy (non-hydrogen) atoms. The Morgan fingerprint density at radius 3 is 2.69 bits per heavy atom. The standard InChI is InChI=1S/C11H18N2/c1-4-9(2)11(12-3)10-7-5-6-8-13-10/h5-9,11-12H,4H2,1-3H3. The number of rotatable bonds is 4. The highest BCUT2D eigenvalue weighted by molar-refractivity contribution is 5.09. The van der Waals surface area contributed by atoms with Gasteiger partial charge in [-0.3, -0.25) is 4.98 Å². The molecule has 1 aromatic heterocycles. The van der Waals surface area contributed by atoms with Crippen molar-refractivity contribution in [2.24, 2.45) is 5.92 Å². The molecule has 0 spiro atoms. The number of nitrogens with zero attached hydrogens (tertiary/aromatic N) is 1. The van der Waals surface area contributed by atoms with E-state index in [4.69, 9.17) is 0 Å².